The van der Waals surface area contributed by atoms with E-state index < -0.39 is 0 Å². The van der Waals surface area contributed by atoms with Gasteiger partial charge in [-0.15, -0.1) is 0 Å². The second-order valence-electron chi connectivity index (χ2n) is 3.77. The van der Waals surface area contributed by atoms with Gasteiger partial charge in [0.15, 0.2) is 0 Å². The van der Waals surface area contributed by atoms with Gasteiger partial charge in [-0.2, -0.15) is 5.10 Å². The quantitative estimate of drug-likeness (QED) is 0.591. The molecule has 0 aliphatic heterocycles. The summed E-state index contributed by atoms with van der Waals surface area (Å²) in [5.74, 6) is 0.0585. The molecule has 82 valence electrons. The summed E-state index contributed by atoms with van der Waals surface area (Å²) in [4.78, 5) is 0. The fourth-order valence-electron chi connectivity index (χ4n) is 1.76. The van der Waals surface area contributed by atoms with Crippen molar-refractivity contribution in [3.8, 4) is 5.69 Å². The molecule has 0 spiro atoms. The minimum atomic E-state index is 0.0585. The second-order valence-corrected chi connectivity index (χ2v) is 3.77. The lowest BCUT2D eigenvalue weighted by Crippen LogP contribution is -2.15. The van der Waals surface area contributed by atoms with Gasteiger partial charge in [-0.25, -0.2) is 4.68 Å². The summed E-state index contributed by atoms with van der Waals surface area (Å²) in [5, 5.41) is 11.9. The Bertz CT molecular complexity index is 540. The van der Waals surface area contributed by atoms with E-state index in [0.717, 1.165) is 17.1 Å². The molecule has 0 saturated heterocycles. The highest BCUT2D eigenvalue weighted by atomic mass is 15.3. The van der Waals surface area contributed by atoms with Crippen LogP contribution in [-0.2, 0) is 0 Å². The highest BCUT2D eigenvalue weighted by Gasteiger charge is 2.09. The zero-order valence-electron chi connectivity index (χ0n) is 9.36. The number of para-hydroxylation sites is 1. The monoisotopic (exact) mass is 214 g/mol. The lowest BCUT2D eigenvalue weighted by Gasteiger charge is -2.09. The molecule has 0 fully saturated rings. The normalized spacial score (nSPS) is 10.4. The first-order chi connectivity index (χ1) is 7.59. The van der Waals surface area contributed by atoms with E-state index in [-0.39, 0.29) is 5.84 Å². The molecule has 4 nitrogen and oxygen atoms in total. The Balaban J connectivity index is 2.64. The summed E-state index contributed by atoms with van der Waals surface area (Å²) in [6.45, 7) is 3.93. The third-order valence-corrected chi connectivity index (χ3v) is 2.43. The van der Waals surface area contributed by atoms with Crippen molar-refractivity contribution in [3.05, 3.63) is 47.3 Å². The van der Waals surface area contributed by atoms with Crippen molar-refractivity contribution in [3.63, 3.8) is 0 Å². The van der Waals surface area contributed by atoms with Crippen LogP contribution in [0.1, 0.15) is 17.0 Å². The molecule has 3 N–H and O–H groups in total. The molecule has 0 saturated carbocycles. The van der Waals surface area contributed by atoms with Gasteiger partial charge in [0, 0.05) is 11.3 Å². The van der Waals surface area contributed by atoms with E-state index >= 15 is 0 Å². The molecule has 0 amide bonds. The van der Waals surface area contributed by atoms with Gasteiger partial charge < -0.3 is 5.73 Å². The molecule has 4 heteroatoms. The Labute approximate surface area is 94.2 Å². The number of hydrogen-bond acceptors (Lipinski definition) is 2. The van der Waals surface area contributed by atoms with Crippen LogP contribution in [0, 0.1) is 19.3 Å². The van der Waals surface area contributed by atoms with Crippen molar-refractivity contribution in [2.75, 3.05) is 0 Å². The van der Waals surface area contributed by atoms with E-state index in [4.69, 9.17) is 11.1 Å². The topological polar surface area (TPSA) is 67.7 Å². The van der Waals surface area contributed by atoms with Crippen LogP contribution in [0.5, 0.6) is 0 Å². The molecule has 0 radical (unpaired) electrons. The Kier molecular flexibility index (Phi) is 2.48. The van der Waals surface area contributed by atoms with Crippen LogP contribution in [0.4, 0.5) is 0 Å². The molecule has 1 aromatic heterocycles. The molecule has 2 rings (SSSR count). The van der Waals surface area contributed by atoms with Gasteiger partial charge in [0.1, 0.15) is 5.84 Å². The number of nitrogens with zero attached hydrogens (tertiary/aromatic N) is 2. The van der Waals surface area contributed by atoms with Gasteiger partial charge >= 0.3 is 0 Å². The Morgan fingerprint density at radius 3 is 2.56 bits per heavy atom. The van der Waals surface area contributed by atoms with Gasteiger partial charge in [-0.1, -0.05) is 12.1 Å². The summed E-state index contributed by atoms with van der Waals surface area (Å²) in [7, 11) is 0. The molecule has 1 aromatic carbocycles. The average Bonchev–Trinajstić information content (AvgIpc) is 2.57. The maximum Gasteiger partial charge on any atom is 0.124 e. The predicted molar refractivity (Wildman–Crippen MR) is 64.1 cm³/mol. The van der Waals surface area contributed by atoms with E-state index in [9.17, 15) is 0 Å². The third kappa shape index (κ3) is 1.69. The largest absolute Gasteiger partial charge is 0.384 e. The molecule has 16 heavy (non-hydrogen) atoms. The van der Waals surface area contributed by atoms with Crippen LogP contribution in [0.3, 0.4) is 0 Å². The number of nitrogens with two attached hydrogens (primary N) is 1. The van der Waals surface area contributed by atoms with Crippen molar-refractivity contribution in [1.82, 2.24) is 9.78 Å². The van der Waals surface area contributed by atoms with Gasteiger partial charge in [-0.05, 0) is 32.0 Å². The number of nitrogen functional groups attached to an aromatic ring is 1. The fourth-order valence-corrected chi connectivity index (χ4v) is 1.76. The lowest BCUT2D eigenvalue weighted by molar-refractivity contribution is 0.831. The van der Waals surface area contributed by atoms with Crippen LogP contribution in [0.2, 0.25) is 0 Å². The smallest absolute Gasteiger partial charge is 0.124 e. The fraction of sp³-hybridized carbons (Fsp3) is 0.167. The van der Waals surface area contributed by atoms with E-state index in [2.05, 4.69) is 5.10 Å². The van der Waals surface area contributed by atoms with Crippen LogP contribution in [0.25, 0.3) is 5.69 Å². The maximum atomic E-state index is 7.54. The van der Waals surface area contributed by atoms with Crippen LogP contribution < -0.4 is 5.73 Å². The second kappa shape index (κ2) is 3.81. The molecule has 0 bridgehead atoms. The molecule has 2 aromatic rings. The third-order valence-electron chi connectivity index (χ3n) is 2.43. The van der Waals surface area contributed by atoms with Gasteiger partial charge in [0.25, 0.3) is 0 Å². The maximum absolute atomic E-state index is 7.54. The number of amidine groups is 1. The Morgan fingerprint density at radius 2 is 2.00 bits per heavy atom. The van der Waals surface area contributed by atoms with Crippen molar-refractivity contribution in [2.45, 2.75) is 13.8 Å². The van der Waals surface area contributed by atoms with Crippen LogP contribution in [0.15, 0.2) is 30.3 Å². The molecule has 1 heterocycles. The van der Waals surface area contributed by atoms with Crippen molar-refractivity contribution in [2.24, 2.45) is 5.73 Å². The van der Waals surface area contributed by atoms with E-state index in [1.165, 1.54) is 0 Å². The number of nitrogens with one attached hydrogen (secondary N) is 1. The SMILES string of the molecule is Cc1cc(C)n(-c2ccccc2C(=N)N)n1. The van der Waals surface area contributed by atoms with Gasteiger partial charge in [0.2, 0.25) is 0 Å². The van der Waals surface area contributed by atoms with E-state index in [0.29, 0.717) is 5.56 Å². The molecule has 0 aliphatic carbocycles. The molecular weight excluding hydrogens is 200 g/mol. The molecule has 0 unspecified atom stereocenters. The number of rotatable bonds is 2. The van der Waals surface area contributed by atoms with Crippen molar-refractivity contribution in [1.29, 1.82) is 5.41 Å². The van der Waals surface area contributed by atoms with Crippen molar-refractivity contribution >= 4 is 5.84 Å². The van der Waals surface area contributed by atoms with Crippen molar-refractivity contribution < 1.29 is 0 Å². The van der Waals surface area contributed by atoms with Gasteiger partial charge in [0.05, 0.1) is 11.4 Å². The first-order valence-corrected chi connectivity index (χ1v) is 5.06. The highest BCUT2D eigenvalue weighted by Crippen LogP contribution is 2.16. The Hall–Kier alpha value is -2.10. The summed E-state index contributed by atoms with van der Waals surface area (Å²) < 4.78 is 1.81. The van der Waals surface area contributed by atoms with Crippen LogP contribution >= 0.6 is 0 Å². The summed E-state index contributed by atoms with van der Waals surface area (Å²) >= 11 is 0. The highest BCUT2D eigenvalue weighted by molar-refractivity contribution is 5.98. The first-order valence-electron chi connectivity index (χ1n) is 5.06. The number of aryl methyl sites for hydroxylation is 2. The number of aromatic nitrogens is 2. The minimum absolute atomic E-state index is 0.0585. The van der Waals surface area contributed by atoms with Crippen LogP contribution in [-0.4, -0.2) is 15.6 Å². The number of hydrogen-bond donors (Lipinski definition) is 2. The first kappa shape index (κ1) is 10.4. The lowest BCUT2D eigenvalue weighted by atomic mass is 10.1. The molecule has 0 atom stereocenters. The molecule has 0 aliphatic rings. The van der Waals surface area contributed by atoms with E-state index in [1.807, 2.05) is 48.9 Å². The Morgan fingerprint density at radius 1 is 1.31 bits per heavy atom. The van der Waals surface area contributed by atoms with E-state index in [1.54, 1.807) is 0 Å². The molecular formula is C12H14N4. The minimum Gasteiger partial charge on any atom is -0.384 e. The average molecular weight is 214 g/mol. The van der Waals surface area contributed by atoms with Gasteiger partial charge in [-0.3, -0.25) is 5.41 Å². The predicted octanol–water partition coefficient (Wildman–Crippen LogP) is 1.77. The summed E-state index contributed by atoms with van der Waals surface area (Å²) in [6, 6.07) is 9.52. The standard InChI is InChI=1S/C12H14N4/c1-8-7-9(2)16(15-8)11-6-4-3-5-10(11)12(13)14/h3-7H,1-2H3,(H3,13,14). The number of benzene rings is 1. The zero-order valence-corrected chi connectivity index (χ0v) is 9.36. The summed E-state index contributed by atoms with van der Waals surface area (Å²) in [5.41, 5.74) is 9.09. The summed E-state index contributed by atoms with van der Waals surface area (Å²) in [6.07, 6.45) is 0. The zero-order chi connectivity index (χ0) is 11.7.